The third kappa shape index (κ3) is 5.19. The van der Waals surface area contributed by atoms with Crippen LogP contribution in [0.25, 0.3) is 0 Å². The van der Waals surface area contributed by atoms with Gasteiger partial charge in [-0.15, -0.1) is 6.42 Å². The monoisotopic (exact) mass is 289 g/mol. The Morgan fingerprint density at radius 2 is 2.29 bits per heavy atom. The van der Waals surface area contributed by atoms with Gasteiger partial charge in [0.1, 0.15) is 11.5 Å². The summed E-state index contributed by atoms with van der Waals surface area (Å²) in [6.07, 6.45) is 5.85. The maximum atomic E-state index is 11.7. The summed E-state index contributed by atoms with van der Waals surface area (Å²) in [5, 5.41) is 2.52. The van der Waals surface area contributed by atoms with Crippen LogP contribution in [0.4, 0.5) is 0 Å². The zero-order chi connectivity index (χ0) is 15.7. The maximum absolute atomic E-state index is 11.7. The van der Waals surface area contributed by atoms with Gasteiger partial charge in [0.2, 0.25) is 0 Å². The average Bonchev–Trinajstić information content (AvgIpc) is 2.50. The summed E-state index contributed by atoms with van der Waals surface area (Å²) in [6, 6.07) is 4.89. The van der Waals surface area contributed by atoms with Crippen LogP contribution in [0.3, 0.4) is 0 Å². The second-order valence-corrected chi connectivity index (χ2v) is 4.35. The molecule has 5 nitrogen and oxygen atoms in total. The van der Waals surface area contributed by atoms with E-state index in [9.17, 15) is 9.59 Å². The lowest BCUT2D eigenvalue weighted by Crippen LogP contribution is -2.36. The fourth-order valence-corrected chi connectivity index (χ4v) is 1.55. The lowest BCUT2D eigenvalue weighted by Gasteiger charge is -2.16. The standard InChI is InChI=1S/C16H19NO4/c1-4-8-17-16(19)12(3)21-15-10-14(20-9-5-2)7-6-13(15)11-18/h1,6-7,10-12H,5,8-9H2,2-3H3,(H,17,19). The average molecular weight is 289 g/mol. The lowest BCUT2D eigenvalue weighted by atomic mass is 10.2. The zero-order valence-electron chi connectivity index (χ0n) is 12.2. The van der Waals surface area contributed by atoms with Gasteiger partial charge >= 0.3 is 0 Å². The molecular weight excluding hydrogens is 270 g/mol. The Bertz CT molecular complexity index is 534. The molecule has 1 aromatic rings. The molecule has 1 rings (SSSR count). The highest BCUT2D eigenvalue weighted by atomic mass is 16.5. The van der Waals surface area contributed by atoms with Crippen LogP contribution in [0.15, 0.2) is 18.2 Å². The van der Waals surface area contributed by atoms with E-state index in [0.717, 1.165) is 6.42 Å². The summed E-state index contributed by atoms with van der Waals surface area (Å²) < 4.78 is 11.0. The van der Waals surface area contributed by atoms with Crippen molar-refractivity contribution >= 4 is 12.2 Å². The number of hydrogen-bond donors (Lipinski definition) is 1. The maximum Gasteiger partial charge on any atom is 0.261 e. The quantitative estimate of drug-likeness (QED) is 0.585. The summed E-state index contributed by atoms with van der Waals surface area (Å²) in [4.78, 5) is 22.7. The highest BCUT2D eigenvalue weighted by Crippen LogP contribution is 2.25. The van der Waals surface area contributed by atoms with Gasteiger partial charge in [-0.1, -0.05) is 12.8 Å². The molecule has 0 spiro atoms. The van der Waals surface area contributed by atoms with E-state index in [1.807, 2.05) is 6.92 Å². The summed E-state index contributed by atoms with van der Waals surface area (Å²) in [5.41, 5.74) is 0.357. The Morgan fingerprint density at radius 1 is 1.52 bits per heavy atom. The second-order valence-electron chi connectivity index (χ2n) is 4.35. The van der Waals surface area contributed by atoms with Gasteiger partial charge in [-0.2, -0.15) is 0 Å². The molecule has 0 aromatic heterocycles. The minimum atomic E-state index is -0.765. The number of aldehydes is 1. The third-order valence-corrected chi connectivity index (χ3v) is 2.62. The van der Waals surface area contributed by atoms with Gasteiger partial charge in [0.15, 0.2) is 12.4 Å². The molecule has 112 valence electrons. The number of hydrogen-bond acceptors (Lipinski definition) is 4. The molecule has 0 fully saturated rings. The van der Waals surface area contributed by atoms with E-state index in [1.54, 1.807) is 25.1 Å². The summed E-state index contributed by atoms with van der Waals surface area (Å²) >= 11 is 0. The number of amides is 1. The van der Waals surface area contributed by atoms with Crippen molar-refractivity contribution in [3.63, 3.8) is 0 Å². The Hall–Kier alpha value is -2.48. The van der Waals surface area contributed by atoms with E-state index in [1.165, 1.54) is 0 Å². The Kier molecular flexibility index (Phi) is 6.82. The SMILES string of the molecule is C#CCNC(=O)C(C)Oc1cc(OCCC)ccc1C=O. The molecule has 0 aliphatic carbocycles. The lowest BCUT2D eigenvalue weighted by molar-refractivity contribution is -0.127. The molecule has 5 heteroatoms. The predicted molar refractivity (Wildman–Crippen MR) is 79.5 cm³/mol. The van der Waals surface area contributed by atoms with Gasteiger partial charge in [0, 0.05) is 6.07 Å². The molecule has 1 amide bonds. The number of nitrogens with one attached hydrogen (secondary N) is 1. The Morgan fingerprint density at radius 3 is 2.90 bits per heavy atom. The number of carbonyl (C=O) groups excluding carboxylic acids is 2. The van der Waals surface area contributed by atoms with Gasteiger partial charge in [-0.25, -0.2) is 0 Å². The predicted octanol–water partition coefficient (Wildman–Crippen LogP) is 1.80. The number of carbonyl (C=O) groups is 2. The van der Waals surface area contributed by atoms with E-state index in [0.29, 0.717) is 30.0 Å². The van der Waals surface area contributed by atoms with Crippen molar-refractivity contribution in [2.45, 2.75) is 26.4 Å². The second kappa shape index (κ2) is 8.64. The largest absolute Gasteiger partial charge is 0.493 e. The summed E-state index contributed by atoms with van der Waals surface area (Å²) in [5.74, 6) is 2.86. The molecule has 21 heavy (non-hydrogen) atoms. The van der Waals surface area contributed by atoms with Gasteiger partial charge in [0.25, 0.3) is 5.91 Å². The first-order valence-corrected chi connectivity index (χ1v) is 6.72. The molecule has 0 saturated carbocycles. The minimum absolute atomic E-state index is 0.132. The molecule has 0 radical (unpaired) electrons. The number of terminal acetylenes is 1. The first-order chi connectivity index (χ1) is 10.1. The van der Waals surface area contributed by atoms with Gasteiger partial charge in [-0.3, -0.25) is 9.59 Å². The van der Waals surface area contributed by atoms with Crippen molar-refractivity contribution < 1.29 is 19.1 Å². The highest BCUT2D eigenvalue weighted by Gasteiger charge is 2.16. The van der Waals surface area contributed by atoms with Crippen LogP contribution in [0.1, 0.15) is 30.6 Å². The van der Waals surface area contributed by atoms with Crippen molar-refractivity contribution in [1.82, 2.24) is 5.32 Å². The van der Waals surface area contributed by atoms with Crippen molar-refractivity contribution in [2.75, 3.05) is 13.2 Å². The van der Waals surface area contributed by atoms with Gasteiger partial charge < -0.3 is 14.8 Å². The van der Waals surface area contributed by atoms with Crippen LogP contribution in [0.2, 0.25) is 0 Å². The van der Waals surface area contributed by atoms with Crippen molar-refractivity contribution in [1.29, 1.82) is 0 Å². The molecule has 1 atom stereocenters. The van der Waals surface area contributed by atoms with Crippen LogP contribution < -0.4 is 14.8 Å². The van der Waals surface area contributed by atoms with E-state index in [4.69, 9.17) is 15.9 Å². The Balaban J connectivity index is 2.81. The smallest absolute Gasteiger partial charge is 0.261 e. The van der Waals surface area contributed by atoms with Crippen LogP contribution in [0.5, 0.6) is 11.5 Å². The normalized spacial score (nSPS) is 11.1. The van der Waals surface area contributed by atoms with E-state index >= 15 is 0 Å². The highest BCUT2D eigenvalue weighted by molar-refractivity contribution is 5.83. The van der Waals surface area contributed by atoms with E-state index < -0.39 is 6.10 Å². The number of benzene rings is 1. The topological polar surface area (TPSA) is 64.6 Å². The van der Waals surface area contributed by atoms with Crippen molar-refractivity contribution in [3.8, 4) is 23.8 Å². The third-order valence-electron chi connectivity index (χ3n) is 2.62. The molecular formula is C16H19NO4. The van der Waals surface area contributed by atoms with Crippen LogP contribution in [-0.2, 0) is 4.79 Å². The molecule has 1 aromatic carbocycles. The van der Waals surface area contributed by atoms with Crippen LogP contribution in [0, 0.1) is 12.3 Å². The van der Waals surface area contributed by atoms with Gasteiger partial charge in [0.05, 0.1) is 18.7 Å². The first kappa shape index (κ1) is 16.6. The first-order valence-electron chi connectivity index (χ1n) is 6.72. The number of rotatable bonds is 8. The molecule has 1 unspecified atom stereocenters. The van der Waals surface area contributed by atoms with E-state index in [2.05, 4.69) is 11.2 Å². The summed E-state index contributed by atoms with van der Waals surface area (Å²) in [7, 11) is 0. The fraction of sp³-hybridized carbons (Fsp3) is 0.375. The van der Waals surface area contributed by atoms with Crippen molar-refractivity contribution in [2.24, 2.45) is 0 Å². The van der Waals surface area contributed by atoms with Crippen LogP contribution >= 0.6 is 0 Å². The van der Waals surface area contributed by atoms with E-state index in [-0.39, 0.29) is 12.5 Å². The molecule has 0 bridgehead atoms. The fourth-order valence-electron chi connectivity index (χ4n) is 1.55. The summed E-state index contributed by atoms with van der Waals surface area (Å²) in [6.45, 7) is 4.28. The zero-order valence-corrected chi connectivity index (χ0v) is 12.2. The van der Waals surface area contributed by atoms with Gasteiger partial charge in [-0.05, 0) is 25.5 Å². The molecule has 1 N–H and O–H groups in total. The van der Waals surface area contributed by atoms with Crippen molar-refractivity contribution in [3.05, 3.63) is 23.8 Å². The minimum Gasteiger partial charge on any atom is -0.493 e. The Labute approximate surface area is 124 Å². The molecule has 0 aliphatic rings. The number of ether oxygens (including phenoxy) is 2. The molecule has 0 aliphatic heterocycles. The molecule has 0 heterocycles. The molecule has 0 saturated heterocycles. The van der Waals surface area contributed by atoms with Crippen LogP contribution in [-0.4, -0.2) is 31.4 Å².